The molecule has 0 aromatic carbocycles. The fourth-order valence-electron chi connectivity index (χ4n) is 2.80. The quantitative estimate of drug-likeness (QED) is 0.243. The Hall–Kier alpha value is -1.14. The summed E-state index contributed by atoms with van der Waals surface area (Å²) in [4.78, 5) is 0. The maximum Gasteiger partial charge on any atom is 0.144 e. The molecule has 0 spiro atoms. The third-order valence-electron chi connectivity index (χ3n) is 4.65. The number of hydrogen-bond donors (Lipinski definition) is 0. The number of ether oxygens (including phenoxy) is 1. The number of likely N-dealkylation sites (N-methyl/N-ethyl adjacent to an activating group) is 1. The van der Waals surface area contributed by atoms with Crippen LogP contribution in [0.4, 0.5) is 0 Å². The molecule has 144 valence electrons. The van der Waals surface area contributed by atoms with E-state index < -0.39 is 12.2 Å². The zero-order valence-electron chi connectivity index (χ0n) is 16.5. The molecule has 0 aliphatic rings. The molecule has 0 heterocycles. The van der Waals surface area contributed by atoms with E-state index in [2.05, 4.69) is 21.0 Å². The van der Waals surface area contributed by atoms with Gasteiger partial charge in [0.15, 0.2) is 0 Å². The van der Waals surface area contributed by atoms with Gasteiger partial charge in [0.25, 0.3) is 0 Å². The van der Waals surface area contributed by atoms with Gasteiger partial charge in [0.05, 0.1) is 39.4 Å². The molecular formula is C20H37N3O2. The lowest BCUT2D eigenvalue weighted by Crippen LogP contribution is -2.45. The Labute approximate surface area is 154 Å². The van der Waals surface area contributed by atoms with Gasteiger partial charge in [-0.05, 0) is 12.8 Å². The average molecular weight is 352 g/mol. The molecule has 0 bridgehead atoms. The molecule has 0 N–H and O–H groups in total. The van der Waals surface area contributed by atoms with Gasteiger partial charge in [0, 0.05) is 6.29 Å². The summed E-state index contributed by atoms with van der Waals surface area (Å²) in [6.07, 6.45) is 11.7. The number of nitrogens with zero attached hydrogens (tertiary/aromatic N) is 3. The molecule has 0 rings (SSSR count). The zero-order valence-corrected chi connectivity index (χ0v) is 16.5. The van der Waals surface area contributed by atoms with E-state index in [1.165, 1.54) is 64.2 Å². The average Bonchev–Trinajstić information content (AvgIpc) is 2.57. The number of nitriles is 2. The molecule has 0 saturated carbocycles. The zero-order chi connectivity index (χ0) is 19.0. The lowest BCUT2D eigenvalue weighted by Gasteiger charge is -2.31. The van der Waals surface area contributed by atoms with Crippen molar-refractivity contribution in [3.63, 3.8) is 0 Å². The summed E-state index contributed by atoms with van der Waals surface area (Å²) in [6, 6.07) is 3.34. The number of unbranched alkanes of at least 4 members (excludes halogenated alkanes) is 9. The Kier molecular flexibility index (Phi) is 14.5. The summed E-state index contributed by atoms with van der Waals surface area (Å²) >= 11 is 0. The first kappa shape index (κ1) is 23.9. The summed E-state index contributed by atoms with van der Waals surface area (Å²) in [6.45, 7) is 4.32. The van der Waals surface area contributed by atoms with Crippen LogP contribution in [0.25, 0.3) is 0 Å². The van der Waals surface area contributed by atoms with E-state index in [1.54, 1.807) is 12.1 Å². The van der Waals surface area contributed by atoms with Gasteiger partial charge >= 0.3 is 0 Å². The van der Waals surface area contributed by atoms with Crippen molar-refractivity contribution >= 4 is 0 Å². The number of quaternary nitrogens is 1. The van der Waals surface area contributed by atoms with Gasteiger partial charge in [0.1, 0.15) is 12.5 Å². The lowest BCUT2D eigenvalue weighted by molar-refractivity contribution is -0.891. The Balaban J connectivity index is 3.61. The van der Waals surface area contributed by atoms with Crippen LogP contribution >= 0.6 is 0 Å². The Morgan fingerprint density at radius 2 is 1.32 bits per heavy atom. The van der Waals surface area contributed by atoms with Crippen LogP contribution in [0, 0.1) is 28.6 Å². The highest BCUT2D eigenvalue weighted by Gasteiger charge is 2.16. The van der Waals surface area contributed by atoms with E-state index in [9.17, 15) is 5.11 Å². The van der Waals surface area contributed by atoms with Crippen molar-refractivity contribution in [2.45, 2.75) is 77.4 Å². The van der Waals surface area contributed by atoms with Gasteiger partial charge in [-0.3, -0.25) is 0 Å². The smallest absolute Gasteiger partial charge is 0.144 e. The van der Waals surface area contributed by atoms with Crippen molar-refractivity contribution in [1.29, 1.82) is 10.5 Å². The standard InChI is InChI=1S/C20H37N3O2/c1-4-5-6-7-8-9-10-11-12-13-14-23(2,3)15-16-25-20(24)19(17-21)18-22/h19-20H,4-16H2,1-3H3. The van der Waals surface area contributed by atoms with Gasteiger partial charge < -0.3 is 14.3 Å². The highest BCUT2D eigenvalue weighted by atomic mass is 16.6. The van der Waals surface area contributed by atoms with Gasteiger partial charge in [-0.2, -0.15) is 10.5 Å². The highest BCUT2D eigenvalue weighted by molar-refractivity contribution is 5.00. The molecule has 5 nitrogen and oxygen atoms in total. The van der Waals surface area contributed by atoms with Crippen LogP contribution in [0.2, 0.25) is 0 Å². The summed E-state index contributed by atoms with van der Waals surface area (Å²) < 4.78 is 5.90. The molecule has 5 heteroatoms. The monoisotopic (exact) mass is 351 g/mol. The minimum atomic E-state index is -1.56. The first-order valence-electron chi connectivity index (χ1n) is 9.85. The van der Waals surface area contributed by atoms with Crippen LogP contribution in [0.3, 0.4) is 0 Å². The minimum Gasteiger partial charge on any atom is -0.829 e. The fourth-order valence-corrected chi connectivity index (χ4v) is 2.80. The first-order valence-corrected chi connectivity index (χ1v) is 9.85. The van der Waals surface area contributed by atoms with Gasteiger partial charge in [-0.15, -0.1) is 0 Å². The Bertz CT molecular complexity index is 385. The maximum atomic E-state index is 11.5. The normalized spacial score (nSPS) is 12.8. The van der Waals surface area contributed by atoms with Crippen molar-refractivity contribution in [2.75, 3.05) is 33.8 Å². The summed E-state index contributed by atoms with van der Waals surface area (Å²) in [7, 11) is 4.26. The van der Waals surface area contributed by atoms with Crippen LogP contribution in [0.5, 0.6) is 0 Å². The van der Waals surface area contributed by atoms with E-state index in [1.807, 2.05) is 0 Å². The van der Waals surface area contributed by atoms with Crippen LogP contribution in [0.1, 0.15) is 71.1 Å². The van der Waals surface area contributed by atoms with Crippen LogP contribution in [-0.2, 0) is 4.74 Å². The summed E-state index contributed by atoms with van der Waals surface area (Å²) in [5.74, 6) is -1.22. The van der Waals surface area contributed by atoms with E-state index in [-0.39, 0.29) is 0 Å². The topological polar surface area (TPSA) is 79.9 Å². The third-order valence-corrected chi connectivity index (χ3v) is 4.65. The first-order chi connectivity index (χ1) is 12.0. The fraction of sp³-hybridized carbons (Fsp3) is 0.900. The molecule has 1 unspecified atom stereocenters. The van der Waals surface area contributed by atoms with Crippen molar-refractivity contribution in [1.82, 2.24) is 0 Å². The third kappa shape index (κ3) is 13.8. The molecule has 0 amide bonds. The molecule has 0 aliphatic carbocycles. The largest absolute Gasteiger partial charge is 0.829 e. The van der Waals surface area contributed by atoms with Crippen LogP contribution < -0.4 is 5.11 Å². The van der Waals surface area contributed by atoms with Crippen molar-refractivity contribution in [2.24, 2.45) is 5.92 Å². The molecule has 0 aliphatic heterocycles. The van der Waals surface area contributed by atoms with Crippen LogP contribution in [-0.4, -0.2) is 44.6 Å². The molecule has 0 radical (unpaired) electrons. The SMILES string of the molecule is CCCCCCCCCCCC[N+](C)(C)CCOC([O-])C(C#N)C#N. The summed E-state index contributed by atoms with van der Waals surface area (Å²) in [5, 5.41) is 28.9. The molecular weight excluding hydrogens is 314 g/mol. The van der Waals surface area contributed by atoms with Crippen LogP contribution in [0.15, 0.2) is 0 Å². The number of rotatable bonds is 16. The Morgan fingerprint density at radius 1 is 0.840 bits per heavy atom. The van der Waals surface area contributed by atoms with E-state index >= 15 is 0 Å². The van der Waals surface area contributed by atoms with Crippen molar-refractivity contribution in [3.05, 3.63) is 0 Å². The molecule has 0 fully saturated rings. The molecule has 0 saturated heterocycles. The van der Waals surface area contributed by atoms with E-state index in [0.717, 1.165) is 17.6 Å². The van der Waals surface area contributed by atoms with E-state index in [4.69, 9.17) is 15.3 Å². The van der Waals surface area contributed by atoms with Gasteiger partial charge in [-0.1, -0.05) is 58.3 Å². The second-order valence-corrected chi connectivity index (χ2v) is 7.54. The van der Waals surface area contributed by atoms with Gasteiger partial charge in [-0.25, -0.2) is 0 Å². The maximum absolute atomic E-state index is 11.5. The summed E-state index contributed by atoms with van der Waals surface area (Å²) in [5.41, 5.74) is 0. The predicted molar refractivity (Wildman–Crippen MR) is 98.1 cm³/mol. The predicted octanol–water partition coefficient (Wildman–Crippen LogP) is 3.35. The lowest BCUT2D eigenvalue weighted by atomic mass is 10.1. The van der Waals surface area contributed by atoms with E-state index in [0.29, 0.717) is 6.61 Å². The number of hydrogen-bond acceptors (Lipinski definition) is 4. The molecule has 0 aromatic rings. The Morgan fingerprint density at radius 3 is 1.80 bits per heavy atom. The van der Waals surface area contributed by atoms with Gasteiger partial charge in [0.2, 0.25) is 0 Å². The van der Waals surface area contributed by atoms with Crippen molar-refractivity contribution < 1.29 is 14.3 Å². The molecule has 25 heavy (non-hydrogen) atoms. The molecule has 1 atom stereocenters. The molecule has 0 aromatic heterocycles. The second-order valence-electron chi connectivity index (χ2n) is 7.54. The second kappa shape index (κ2) is 15.1. The minimum absolute atomic E-state index is 0.290. The highest BCUT2D eigenvalue weighted by Crippen LogP contribution is 2.11. The van der Waals surface area contributed by atoms with Crippen molar-refractivity contribution in [3.8, 4) is 12.1 Å².